The average molecular weight is 287 g/mol. The number of carbonyl (C=O) groups excluding carboxylic acids is 2. The van der Waals surface area contributed by atoms with E-state index in [2.05, 4.69) is 0 Å². The van der Waals surface area contributed by atoms with Crippen LogP contribution < -0.4 is 0 Å². The molecule has 0 aliphatic carbocycles. The largest absolute Gasteiger partial charge is 0.395 e. The first kappa shape index (κ1) is 16.7. The molecule has 3 amide bonds. The predicted molar refractivity (Wildman–Crippen MR) is 74.1 cm³/mol. The highest BCUT2D eigenvalue weighted by atomic mass is 16.3. The Morgan fingerprint density at radius 1 is 1.10 bits per heavy atom. The highest BCUT2D eigenvalue weighted by Gasteiger charge is 2.30. The van der Waals surface area contributed by atoms with E-state index in [1.54, 1.807) is 19.0 Å². The van der Waals surface area contributed by atoms with Crippen molar-refractivity contribution < 1.29 is 19.8 Å². The molecule has 0 bridgehead atoms. The van der Waals surface area contributed by atoms with Gasteiger partial charge in [0.1, 0.15) is 0 Å². The second kappa shape index (κ2) is 8.06. The predicted octanol–water partition coefficient (Wildman–Crippen LogP) is -0.807. The van der Waals surface area contributed by atoms with Gasteiger partial charge in [-0.3, -0.25) is 4.79 Å². The van der Waals surface area contributed by atoms with Crippen LogP contribution in [-0.2, 0) is 4.79 Å². The molecule has 1 aliphatic heterocycles. The summed E-state index contributed by atoms with van der Waals surface area (Å²) in [6.45, 7) is 1.42. The average Bonchev–Trinajstić information content (AvgIpc) is 2.45. The molecule has 7 nitrogen and oxygen atoms in total. The van der Waals surface area contributed by atoms with Gasteiger partial charge < -0.3 is 24.9 Å². The van der Waals surface area contributed by atoms with Gasteiger partial charge in [0.2, 0.25) is 5.91 Å². The monoisotopic (exact) mass is 287 g/mol. The standard InChI is InChI=1S/C13H25N3O4/c1-14(2)13(20)16-5-3-11(4-6-16)12(19)15(7-9-17)8-10-18/h11,17-18H,3-10H2,1-2H3. The first-order chi connectivity index (χ1) is 9.51. The van der Waals surface area contributed by atoms with Crippen molar-refractivity contribution in [3.63, 3.8) is 0 Å². The summed E-state index contributed by atoms with van der Waals surface area (Å²) in [5, 5.41) is 17.9. The highest BCUT2D eigenvalue weighted by Crippen LogP contribution is 2.20. The zero-order valence-corrected chi connectivity index (χ0v) is 12.3. The van der Waals surface area contributed by atoms with E-state index >= 15 is 0 Å². The molecular formula is C13H25N3O4. The quantitative estimate of drug-likeness (QED) is 0.693. The highest BCUT2D eigenvalue weighted by molar-refractivity contribution is 5.79. The van der Waals surface area contributed by atoms with Gasteiger partial charge in [0, 0.05) is 46.2 Å². The maximum absolute atomic E-state index is 12.3. The van der Waals surface area contributed by atoms with Crippen molar-refractivity contribution in [1.82, 2.24) is 14.7 Å². The molecular weight excluding hydrogens is 262 g/mol. The summed E-state index contributed by atoms with van der Waals surface area (Å²) < 4.78 is 0. The second-order valence-corrected chi connectivity index (χ2v) is 5.21. The number of rotatable bonds is 5. The van der Waals surface area contributed by atoms with Crippen LogP contribution in [0, 0.1) is 5.92 Å². The molecule has 0 aromatic carbocycles. The van der Waals surface area contributed by atoms with Crippen LogP contribution in [0.4, 0.5) is 4.79 Å². The number of likely N-dealkylation sites (tertiary alicyclic amines) is 1. The van der Waals surface area contributed by atoms with Crippen molar-refractivity contribution in [3.8, 4) is 0 Å². The van der Waals surface area contributed by atoms with Crippen molar-refractivity contribution in [3.05, 3.63) is 0 Å². The normalized spacial score (nSPS) is 16.1. The molecule has 1 rings (SSSR count). The first-order valence-corrected chi connectivity index (χ1v) is 6.98. The molecule has 0 unspecified atom stereocenters. The number of nitrogens with zero attached hydrogens (tertiary/aromatic N) is 3. The third kappa shape index (κ3) is 4.35. The Labute approximate surface area is 119 Å². The summed E-state index contributed by atoms with van der Waals surface area (Å²) in [5.41, 5.74) is 0. The van der Waals surface area contributed by atoms with Gasteiger partial charge in [-0.1, -0.05) is 0 Å². The minimum Gasteiger partial charge on any atom is -0.395 e. The molecule has 7 heteroatoms. The van der Waals surface area contributed by atoms with Gasteiger partial charge in [0.15, 0.2) is 0 Å². The molecule has 20 heavy (non-hydrogen) atoms. The molecule has 0 aromatic heterocycles. The lowest BCUT2D eigenvalue weighted by molar-refractivity contribution is -0.138. The van der Waals surface area contributed by atoms with Crippen molar-refractivity contribution in [2.24, 2.45) is 5.92 Å². The van der Waals surface area contributed by atoms with Crippen molar-refractivity contribution >= 4 is 11.9 Å². The fourth-order valence-corrected chi connectivity index (χ4v) is 2.43. The number of piperidine rings is 1. The van der Waals surface area contributed by atoms with Crippen LogP contribution in [0.15, 0.2) is 0 Å². The number of carbonyl (C=O) groups is 2. The maximum atomic E-state index is 12.3. The lowest BCUT2D eigenvalue weighted by atomic mass is 9.95. The van der Waals surface area contributed by atoms with Gasteiger partial charge in [-0.15, -0.1) is 0 Å². The van der Waals surface area contributed by atoms with E-state index in [1.807, 2.05) is 0 Å². The van der Waals surface area contributed by atoms with Crippen LogP contribution in [0.5, 0.6) is 0 Å². The number of hydrogen-bond donors (Lipinski definition) is 2. The van der Waals surface area contributed by atoms with Crippen LogP contribution in [0.1, 0.15) is 12.8 Å². The van der Waals surface area contributed by atoms with E-state index in [-0.39, 0.29) is 44.2 Å². The molecule has 0 radical (unpaired) electrons. The van der Waals surface area contributed by atoms with Crippen LogP contribution in [0.3, 0.4) is 0 Å². The summed E-state index contributed by atoms with van der Waals surface area (Å²) >= 11 is 0. The summed E-state index contributed by atoms with van der Waals surface area (Å²) in [5.74, 6) is -0.163. The molecule has 2 N–H and O–H groups in total. The minimum absolute atomic E-state index is 0.0292. The molecule has 0 aromatic rings. The lowest BCUT2D eigenvalue weighted by Gasteiger charge is -2.35. The van der Waals surface area contributed by atoms with E-state index in [4.69, 9.17) is 10.2 Å². The third-order valence-electron chi connectivity index (χ3n) is 3.55. The fourth-order valence-electron chi connectivity index (χ4n) is 2.43. The van der Waals surface area contributed by atoms with Crippen LogP contribution >= 0.6 is 0 Å². The zero-order valence-electron chi connectivity index (χ0n) is 12.3. The van der Waals surface area contributed by atoms with Gasteiger partial charge in [-0.2, -0.15) is 0 Å². The molecule has 1 heterocycles. The Hall–Kier alpha value is -1.34. The number of hydrogen-bond acceptors (Lipinski definition) is 4. The van der Waals surface area contributed by atoms with E-state index in [0.29, 0.717) is 25.9 Å². The molecule has 0 saturated carbocycles. The topological polar surface area (TPSA) is 84.3 Å². The summed E-state index contributed by atoms with van der Waals surface area (Å²) in [6.07, 6.45) is 1.26. The summed E-state index contributed by atoms with van der Waals surface area (Å²) in [6, 6.07) is -0.0292. The second-order valence-electron chi connectivity index (χ2n) is 5.21. The van der Waals surface area contributed by atoms with E-state index in [9.17, 15) is 9.59 Å². The van der Waals surface area contributed by atoms with Crippen LogP contribution in [0.2, 0.25) is 0 Å². The van der Waals surface area contributed by atoms with E-state index in [0.717, 1.165) is 0 Å². The van der Waals surface area contributed by atoms with Crippen molar-refractivity contribution in [2.75, 3.05) is 53.5 Å². The van der Waals surface area contributed by atoms with Gasteiger partial charge in [-0.25, -0.2) is 4.79 Å². The Morgan fingerprint density at radius 2 is 1.60 bits per heavy atom. The van der Waals surface area contributed by atoms with E-state index < -0.39 is 0 Å². The van der Waals surface area contributed by atoms with E-state index in [1.165, 1.54) is 9.80 Å². The zero-order chi connectivity index (χ0) is 15.1. The Morgan fingerprint density at radius 3 is 2.00 bits per heavy atom. The Bertz CT molecular complexity index is 322. The smallest absolute Gasteiger partial charge is 0.319 e. The summed E-state index contributed by atoms with van der Waals surface area (Å²) in [7, 11) is 3.42. The van der Waals surface area contributed by atoms with Crippen molar-refractivity contribution in [2.45, 2.75) is 12.8 Å². The number of aliphatic hydroxyl groups is 2. The molecule has 0 spiro atoms. The minimum atomic E-state index is -0.126. The Balaban J connectivity index is 2.51. The van der Waals surface area contributed by atoms with Gasteiger partial charge in [0.05, 0.1) is 13.2 Å². The molecule has 116 valence electrons. The fraction of sp³-hybridized carbons (Fsp3) is 0.846. The Kier molecular flexibility index (Phi) is 6.74. The summed E-state index contributed by atoms with van der Waals surface area (Å²) in [4.78, 5) is 28.9. The third-order valence-corrected chi connectivity index (χ3v) is 3.55. The van der Waals surface area contributed by atoms with Crippen LogP contribution in [0.25, 0.3) is 0 Å². The number of aliphatic hydroxyl groups excluding tert-OH is 2. The molecule has 1 fully saturated rings. The van der Waals surface area contributed by atoms with Crippen molar-refractivity contribution in [1.29, 1.82) is 0 Å². The number of urea groups is 1. The maximum Gasteiger partial charge on any atom is 0.319 e. The number of amides is 3. The van der Waals surface area contributed by atoms with Gasteiger partial charge in [-0.05, 0) is 12.8 Å². The lowest BCUT2D eigenvalue weighted by Crippen LogP contribution is -2.48. The van der Waals surface area contributed by atoms with Gasteiger partial charge >= 0.3 is 6.03 Å². The van der Waals surface area contributed by atoms with Crippen LogP contribution in [-0.4, -0.2) is 90.3 Å². The molecule has 0 atom stereocenters. The SMILES string of the molecule is CN(C)C(=O)N1CCC(C(=O)N(CCO)CCO)CC1. The van der Waals surface area contributed by atoms with Gasteiger partial charge in [0.25, 0.3) is 0 Å². The molecule has 1 saturated heterocycles. The molecule has 1 aliphatic rings. The first-order valence-electron chi connectivity index (χ1n) is 6.98.